The average molecular weight is 387 g/mol. The predicted octanol–water partition coefficient (Wildman–Crippen LogP) is 4.30. The molecule has 0 unspecified atom stereocenters. The van der Waals surface area contributed by atoms with Crippen molar-refractivity contribution >= 4 is 15.9 Å². The smallest absolute Gasteiger partial charge is 0.161 e. The normalized spacial score (nSPS) is 10.6. The summed E-state index contributed by atoms with van der Waals surface area (Å²) in [7, 11) is 3.29. The van der Waals surface area contributed by atoms with Gasteiger partial charge in [0.05, 0.1) is 14.2 Å². The molecular formula is C19H19BrN2O2. The number of hydrogen-bond donors (Lipinski definition) is 0. The lowest BCUT2D eigenvalue weighted by molar-refractivity contribution is 0.354. The SMILES string of the molecule is COc1ccc(Cc2nccn2Cc2ccc(Br)cc2)cc1OC. The van der Waals surface area contributed by atoms with Gasteiger partial charge in [-0.15, -0.1) is 0 Å². The molecule has 3 aromatic rings. The van der Waals surface area contributed by atoms with Gasteiger partial charge in [-0.25, -0.2) is 4.98 Å². The van der Waals surface area contributed by atoms with E-state index in [2.05, 4.69) is 49.7 Å². The second-order valence-corrected chi connectivity index (χ2v) is 6.38. The zero-order chi connectivity index (χ0) is 16.9. The molecule has 0 bridgehead atoms. The molecule has 0 aliphatic rings. The third kappa shape index (κ3) is 3.79. The summed E-state index contributed by atoms with van der Waals surface area (Å²) >= 11 is 3.47. The fourth-order valence-electron chi connectivity index (χ4n) is 2.61. The van der Waals surface area contributed by atoms with Crippen molar-refractivity contribution in [1.29, 1.82) is 0 Å². The number of benzene rings is 2. The first-order chi connectivity index (χ1) is 11.7. The lowest BCUT2D eigenvalue weighted by Gasteiger charge is -2.11. The van der Waals surface area contributed by atoms with Crippen LogP contribution in [-0.4, -0.2) is 23.8 Å². The van der Waals surface area contributed by atoms with E-state index < -0.39 is 0 Å². The molecule has 0 fully saturated rings. The van der Waals surface area contributed by atoms with Gasteiger partial charge in [-0.1, -0.05) is 34.1 Å². The number of aromatic nitrogens is 2. The molecule has 124 valence electrons. The summed E-state index contributed by atoms with van der Waals surface area (Å²) in [6, 6.07) is 14.3. The van der Waals surface area contributed by atoms with E-state index in [1.165, 1.54) is 5.56 Å². The maximum Gasteiger partial charge on any atom is 0.161 e. The van der Waals surface area contributed by atoms with E-state index in [9.17, 15) is 0 Å². The van der Waals surface area contributed by atoms with Gasteiger partial charge in [-0.2, -0.15) is 0 Å². The standard InChI is InChI=1S/C19H19BrN2O2/c1-23-17-8-5-15(11-18(17)24-2)12-19-21-9-10-22(19)13-14-3-6-16(20)7-4-14/h3-11H,12-13H2,1-2H3. The number of ether oxygens (including phenoxy) is 2. The molecule has 2 aromatic carbocycles. The molecule has 0 aliphatic heterocycles. The van der Waals surface area contributed by atoms with Gasteiger partial charge in [0, 0.05) is 29.8 Å². The van der Waals surface area contributed by atoms with Crippen LogP contribution in [0.25, 0.3) is 0 Å². The van der Waals surface area contributed by atoms with Crippen LogP contribution in [0.15, 0.2) is 59.3 Å². The lowest BCUT2D eigenvalue weighted by Crippen LogP contribution is -2.05. The Labute approximate surface area is 150 Å². The number of nitrogens with zero attached hydrogens (tertiary/aromatic N) is 2. The molecule has 24 heavy (non-hydrogen) atoms. The largest absolute Gasteiger partial charge is 0.493 e. The van der Waals surface area contributed by atoms with E-state index in [1.807, 2.05) is 30.6 Å². The van der Waals surface area contributed by atoms with Gasteiger partial charge in [-0.3, -0.25) is 0 Å². The van der Waals surface area contributed by atoms with Crippen LogP contribution >= 0.6 is 15.9 Å². The molecule has 1 heterocycles. The highest BCUT2D eigenvalue weighted by Crippen LogP contribution is 2.28. The van der Waals surface area contributed by atoms with Gasteiger partial charge in [-0.05, 0) is 35.4 Å². The minimum absolute atomic E-state index is 0.736. The van der Waals surface area contributed by atoms with Crippen LogP contribution in [0.4, 0.5) is 0 Å². The van der Waals surface area contributed by atoms with Gasteiger partial charge in [0.2, 0.25) is 0 Å². The molecule has 3 rings (SSSR count). The maximum absolute atomic E-state index is 5.38. The van der Waals surface area contributed by atoms with Crippen molar-refractivity contribution in [2.45, 2.75) is 13.0 Å². The second-order valence-electron chi connectivity index (χ2n) is 5.46. The summed E-state index contributed by atoms with van der Waals surface area (Å²) in [4.78, 5) is 4.50. The van der Waals surface area contributed by atoms with E-state index in [1.54, 1.807) is 14.2 Å². The van der Waals surface area contributed by atoms with Crippen molar-refractivity contribution in [3.05, 3.63) is 76.3 Å². The van der Waals surface area contributed by atoms with E-state index >= 15 is 0 Å². The Morgan fingerprint density at radius 2 is 1.67 bits per heavy atom. The van der Waals surface area contributed by atoms with Crippen molar-refractivity contribution < 1.29 is 9.47 Å². The third-order valence-electron chi connectivity index (χ3n) is 3.88. The molecule has 5 heteroatoms. The number of halogens is 1. The average Bonchev–Trinajstić information content (AvgIpc) is 3.03. The molecular weight excluding hydrogens is 368 g/mol. The molecule has 0 amide bonds. The van der Waals surface area contributed by atoms with Gasteiger partial charge in [0.1, 0.15) is 5.82 Å². The summed E-state index contributed by atoms with van der Waals surface area (Å²) in [6.07, 6.45) is 4.59. The first-order valence-corrected chi connectivity index (χ1v) is 8.44. The second kappa shape index (κ2) is 7.53. The molecule has 0 saturated carbocycles. The summed E-state index contributed by atoms with van der Waals surface area (Å²) in [6.45, 7) is 0.801. The van der Waals surface area contributed by atoms with Crippen LogP contribution in [0.5, 0.6) is 11.5 Å². The van der Waals surface area contributed by atoms with E-state index in [4.69, 9.17) is 9.47 Å². The number of methoxy groups -OCH3 is 2. The Balaban J connectivity index is 1.79. The molecule has 0 atom stereocenters. The van der Waals surface area contributed by atoms with Crippen LogP contribution in [0.1, 0.15) is 17.0 Å². The summed E-state index contributed by atoms with van der Waals surface area (Å²) < 4.78 is 13.9. The Morgan fingerprint density at radius 3 is 2.38 bits per heavy atom. The number of hydrogen-bond acceptors (Lipinski definition) is 3. The molecule has 0 spiro atoms. The van der Waals surface area contributed by atoms with Crippen LogP contribution in [0, 0.1) is 0 Å². The van der Waals surface area contributed by atoms with Gasteiger partial charge < -0.3 is 14.0 Å². The third-order valence-corrected chi connectivity index (χ3v) is 4.41. The van der Waals surface area contributed by atoms with Crippen LogP contribution in [0.2, 0.25) is 0 Å². The summed E-state index contributed by atoms with van der Waals surface area (Å²) in [5, 5.41) is 0. The Bertz CT molecular complexity index is 812. The van der Waals surface area contributed by atoms with Crippen molar-refractivity contribution in [2.75, 3.05) is 14.2 Å². The number of imidazole rings is 1. The molecule has 0 aliphatic carbocycles. The van der Waals surface area contributed by atoms with Crippen molar-refractivity contribution in [3.8, 4) is 11.5 Å². The first-order valence-electron chi connectivity index (χ1n) is 7.65. The van der Waals surface area contributed by atoms with Crippen molar-refractivity contribution in [2.24, 2.45) is 0 Å². The topological polar surface area (TPSA) is 36.3 Å². The first kappa shape index (κ1) is 16.6. The fourth-order valence-corrected chi connectivity index (χ4v) is 2.88. The van der Waals surface area contributed by atoms with E-state index in [0.29, 0.717) is 0 Å². The molecule has 0 N–H and O–H groups in total. The maximum atomic E-state index is 5.38. The predicted molar refractivity (Wildman–Crippen MR) is 97.8 cm³/mol. The van der Waals surface area contributed by atoms with Crippen molar-refractivity contribution in [1.82, 2.24) is 9.55 Å². The quantitative estimate of drug-likeness (QED) is 0.633. The summed E-state index contributed by atoms with van der Waals surface area (Å²) in [5.74, 6) is 2.49. The minimum atomic E-state index is 0.736. The highest BCUT2D eigenvalue weighted by atomic mass is 79.9. The van der Waals surface area contributed by atoms with E-state index in [-0.39, 0.29) is 0 Å². The zero-order valence-corrected chi connectivity index (χ0v) is 15.3. The van der Waals surface area contributed by atoms with Crippen LogP contribution in [-0.2, 0) is 13.0 Å². The van der Waals surface area contributed by atoms with Gasteiger partial charge >= 0.3 is 0 Å². The highest BCUT2D eigenvalue weighted by Gasteiger charge is 2.09. The van der Waals surface area contributed by atoms with Crippen LogP contribution < -0.4 is 9.47 Å². The Hall–Kier alpha value is -2.27. The molecule has 0 saturated heterocycles. The van der Waals surface area contributed by atoms with Gasteiger partial charge in [0.25, 0.3) is 0 Å². The number of rotatable bonds is 6. The lowest BCUT2D eigenvalue weighted by atomic mass is 10.1. The van der Waals surface area contributed by atoms with E-state index in [0.717, 1.165) is 40.3 Å². The fraction of sp³-hybridized carbons (Fsp3) is 0.211. The zero-order valence-electron chi connectivity index (χ0n) is 13.7. The molecule has 1 aromatic heterocycles. The highest BCUT2D eigenvalue weighted by molar-refractivity contribution is 9.10. The van der Waals surface area contributed by atoms with Gasteiger partial charge in [0.15, 0.2) is 11.5 Å². The Kier molecular flexibility index (Phi) is 5.20. The molecule has 4 nitrogen and oxygen atoms in total. The van der Waals surface area contributed by atoms with Crippen LogP contribution in [0.3, 0.4) is 0 Å². The minimum Gasteiger partial charge on any atom is -0.493 e. The molecule has 0 radical (unpaired) electrons. The monoisotopic (exact) mass is 386 g/mol. The Morgan fingerprint density at radius 1 is 0.958 bits per heavy atom. The van der Waals surface area contributed by atoms with Crippen molar-refractivity contribution in [3.63, 3.8) is 0 Å². The summed E-state index contributed by atoms with van der Waals surface area (Å²) in [5.41, 5.74) is 2.38.